The molecule has 2 aromatic rings. The van der Waals surface area contributed by atoms with Crippen molar-refractivity contribution in [2.75, 3.05) is 6.54 Å². The molecule has 0 saturated heterocycles. The predicted molar refractivity (Wildman–Crippen MR) is 64.7 cm³/mol. The lowest BCUT2D eigenvalue weighted by Gasteiger charge is -2.04. The number of hydrogen-bond donors (Lipinski definition) is 2. The van der Waals surface area contributed by atoms with Crippen LogP contribution in [0.15, 0.2) is 35.1 Å². The first-order valence-electron chi connectivity index (χ1n) is 5.61. The third-order valence-electron chi connectivity index (χ3n) is 2.46. The number of nitrogens with one attached hydrogen (secondary N) is 1. The van der Waals surface area contributed by atoms with Gasteiger partial charge in [0.1, 0.15) is 0 Å². The van der Waals surface area contributed by atoms with Gasteiger partial charge in [-0.05, 0) is 17.7 Å². The first kappa shape index (κ1) is 12.3. The molecule has 1 heterocycles. The van der Waals surface area contributed by atoms with Crippen LogP contribution in [0.1, 0.15) is 21.8 Å². The second-order valence-corrected chi connectivity index (χ2v) is 3.83. The van der Waals surface area contributed by atoms with Gasteiger partial charge in [-0.3, -0.25) is 4.79 Å². The molecule has 94 valence electrons. The number of amides is 1. The van der Waals surface area contributed by atoms with E-state index in [1.165, 1.54) is 6.33 Å². The molecule has 6 heteroatoms. The van der Waals surface area contributed by atoms with Crippen LogP contribution in [0.3, 0.4) is 0 Å². The lowest BCUT2D eigenvalue weighted by Crippen LogP contribution is -2.17. The van der Waals surface area contributed by atoms with Gasteiger partial charge in [0.05, 0.1) is 0 Å². The van der Waals surface area contributed by atoms with Gasteiger partial charge in [0, 0.05) is 25.1 Å². The summed E-state index contributed by atoms with van der Waals surface area (Å²) < 4.78 is 4.87. The molecule has 0 fully saturated rings. The first-order chi connectivity index (χ1) is 8.75. The van der Waals surface area contributed by atoms with Gasteiger partial charge in [-0.2, -0.15) is 4.98 Å². The molecule has 1 aromatic carbocycles. The van der Waals surface area contributed by atoms with Crippen LogP contribution in [0.4, 0.5) is 0 Å². The van der Waals surface area contributed by atoms with Crippen molar-refractivity contribution >= 4 is 5.91 Å². The van der Waals surface area contributed by atoms with Crippen molar-refractivity contribution in [1.82, 2.24) is 15.5 Å². The first-order valence-corrected chi connectivity index (χ1v) is 5.61. The van der Waals surface area contributed by atoms with E-state index in [4.69, 9.17) is 10.3 Å². The van der Waals surface area contributed by atoms with E-state index < -0.39 is 5.91 Å². The molecule has 0 aliphatic rings. The zero-order valence-corrected chi connectivity index (χ0v) is 9.80. The Labute approximate surface area is 104 Å². The molecule has 3 N–H and O–H groups in total. The summed E-state index contributed by atoms with van der Waals surface area (Å²) in [6, 6.07) is 7.23. The molecule has 0 saturated carbocycles. The molecule has 18 heavy (non-hydrogen) atoms. The highest BCUT2D eigenvalue weighted by molar-refractivity contribution is 5.92. The van der Waals surface area contributed by atoms with Crippen molar-refractivity contribution in [3.63, 3.8) is 0 Å². The Morgan fingerprint density at radius 1 is 1.44 bits per heavy atom. The Bertz CT molecular complexity index is 511. The lowest BCUT2D eigenvalue weighted by molar-refractivity contribution is 0.1000. The van der Waals surface area contributed by atoms with Crippen LogP contribution >= 0.6 is 0 Å². The largest absolute Gasteiger partial charge is 0.366 e. The quantitative estimate of drug-likeness (QED) is 0.724. The predicted octanol–water partition coefficient (Wildman–Crippen LogP) is 0.501. The highest BCUT2D eigenvalue weighted by Gasteiger charge is 2.02. The van der Waals surface area contributed by atoms with Gasteiger partial charge in [0.2, 0.25) is 11.8 Å². The van der Waals surface area contributed by atoms with Gasteiger partial charge in [-0.25, -0.2) is 0 Å². The van der Waals surface area contributed by atoms with Crippen LogP contribution in [0.5, 0.6) is 0 Å². The van der Waals surface area contributed by atoms with E-state index >= 15 is 0 Å². The lowest BCUT2D eigenvalue weighted by atomic mass is 10.1. The van der Waals surface area contributed by atoms with Crippen LogP contribution < -0.4 is 11.1 Å². The van der Waals surface area contributed by atoms with E-state index in [0.29, 0.717) is 24.4 Å². The minimum absolute atomic E-state index is 0.414. The highest BCUT2D eigenvalue weighted by Crippen LogP contribution is 2.04. The zero-order valence-electron chi connectivity index (χ0n) is 9.80. The molecule has 0 aliphatic carbocycles. The Morgan fingerprint density at radius 3 is 3.06 bits per heavy atom. The maximum absolute atomic E-state index is 11.0. The molecular formula is C12H14N4O2. The minimum Gasteiger partial charge on any atom is -0.366 e. The van der Waals surface area contributed by atoms with Crippen molar-refractivity contribution in [3.05, 3.63) is 47.6 Å². The minimum atomic E-state index is -0.414. The number of carbonyl (C=O) groups is 1. The van der Waals surface area contributed by atoms with Gasteiger partial charge in [-0.15, -0.1) is 0 Å². The van der Waals surface area contributed by atoms with Crippen LogP contribution in [-0.4, -0.2) is 22.6 Å². The molecular weight excluding hydrogens is 232 g/mol. The summed E-state index contributed by atoms with van der Waals surface area (Å²) >= 11 is 0. The monoisotopic (exact) mass is 246 g/mol. The van der Waals surface area contributed by atoms with Crippen LogP contribution in [0, 0.1) is 0 Å². The van der Waals surface area contributed by atoms with Crippen molar-refractivity contribution in [1.29, 1.82) is 0 Å². The summed E-state index contributed by atoms with van der Waals surface area (Å²) in [6.45, 7) is 1.39. The van der Waals surface area contributed by atoms with Gasteiger partial charge in [-0.1, -0.05) is 17.3 Å². The van der Waals surface area contributed by atoms with Crippen LogP contribution in [0.25, 0.3) is 0 Å². The maximum Gasteiger partial charge on any atom is 0.248 e. The SMILES string of the molecule is NC(=O)c1cccc(CNCCc2ncno2)c1. The van der Waals surface area contributed by atoms with E-state index in [-0.39, 0.29) is 0 Å². The summed E-state index contributed by atoms with van der Waals surface area (Å²) in [7, 11) is 0. The number of benzene rings is 1. The molecule has 0 bridgehead atoms. The van der Waals surface area contributed by atoms with Gasteiger partial charge in [0.25, 0.3) is 0 Å². The number of rotatable bonds is 6. The van der Waals surface area contributed by atoms with Crippen molar-refractivity contribution in [2.24, 2.45) is 5.73 Å². The fourth-order valence-electron chi connectivity index (χ4n) is 1.57. The Hall–Kier alpha value is -2.21. The fraction of sp³-hybridized carbons (Fsp3) is 0.250. The number of primary amides is 1. The zero-order chi connectivity index (χ0) is 12.8. The molecule has 0 spiro atoms. The number of carbonyl (C=O) groups excluding carboxylic acids is 1. The van der Waals surface area contributed by atoms with Crippen molar-refractivity contribution < 1.29 is 9.32 Å². The topological polar surface area (TPSA) is 94.0 Å². The van der Waals surface area contributed by atoms with E-state index in [1.54, 1.807) is 12.1 Å². The summed E-state index contributed by atoms with van der Waals surface area (Å²) in [6.07, 6.45) is 2.06. The van der Waals surface area contributed by atoms with Gasteiger partial charge >= 0.3 is 0 Å². The Kier molecular flexibility index (Phi) is 4.03. The van der Waals surface area contributed by atoms with E-state index in [2.05, 4.69) is 15.5 Å². The summed E-state index contributed by atoms with van der Waals surface area (Å²) in [5, 5.41) is 6.75. The standard InChI is InChI=1S/C12H14N4O2/c13-12(17)10-3-1-2-9(6-10)7-14-5-4-11-15-8-16-18-11/h1-3,6,8,14H,4-5,7H2,(H2,13,17). The number of nitrogens with zero attached hydrogens (tertiary/aromatic N) is 2. The maximum atomic E-state index is 11.0. The third kappa shape index (κ3) is 3.39. The molecule has 0 atom stereocenters. The average molecular weight is 246 g/mol. The van der Waals surface area contributed by atoms with Crippen molar-refractivity contribution in [2.45, 2.75) is 13.0 Å². The summed E-state index contributed by atoms with van der Waals surface area (Å²) in [4.78, 5) is 14.9. The molecule has 0 radical (unpaired) electrons. The van der Waals surface area contributed by atoms with E-state index in [0.717, 1.165) is 12.1 Å². The molecule has 0 aliphatic heterocycles. The molecule has 2 rings (SSSR count). The summed E-state index contributed by atoms with van der Waals surface area (Å²) in [5.41, 5.74) is 6.75. The summed E-state index contributed by atoms with van der Waals surface area (Å²) in [5.74, 6) is 0.191. The molecule has 6 nitrogen and oxygen atoms in total. The average Bonchev–Trinajstić information content (AvgIpc) is 2.88. The third-order valence-corrected chi connectivity index (χ3v) is 2.46. The molecule has 1 aromatic heterocycles. The smallest absolute Gasteiger partial charge is 0.248 e. The van der Waals surface area contributed by atoms with Crippen molar-refractivity contribution in [3.8, 4) is 0 Å². The number of nitrogens with two attached hydrogens (primary N) is 1. The van der Waals surface area contributed by atoms with E-state index in [1.807, 2.05) is 12.1 Å². The van der Waals surface area contributed by atoms with Crippen LogP contribution in [0.2, 0.25) is 0 Å². The highest BCUT2D eigenvalue weighted by atomic mass is 16.5. The van der Waals surface area contributed by atoms with Gasteiger partial charge < -0.3 is 15.6 Å². The number of hydrogen-bond acceptors (Lipinski definition) is 5. The Morgan fingerprint density at radius 2 is 2.33 bits per heavy atom. The van der Waals surface area contributed by atoms with Gasteiger partial charge in [0.15, 0.2) is 6.33 Å². The number of aromatic nitrogens is 2. The Balaban J connectivity index is 1.79. The molecule has 1 amide bonds. The fourth-order valence-corrected chi connectivity index (χ4v) is 1.57. The molecule has 0 unspecified atom stereocenters. The van der Waals surface area contributed by atoms with Crippen LogP contribution in [-0.2, 0) is 13.0 Å². The second kappa shape index (κ2) is 5.92. The van der Waals surface area contributed by atoms with E-state index in [9.17, 15) is 4.79 Å². The second-order valence-electron chi connectivity index (χ2n) is 3.83. The normalized spacial score (nSPS) is 10.4.